The highest BCUT2D eigenvalue weighted by Crippen LogP contribution is 1.96. The molecule has 1 aliphatic rings. The van der Waals surface area contributed by atoms with Gasteiger partial charge in [0.25, 0.3) is 0 Å². The smallest absolute Gasteiger partial charge is 0.322 e. The summed E-state index contributed by atoms with van der Waals surface area (Å²) in [6.45, 7) is 2.00. The fourth-order valence-electron chi connectivity index (χ4n) is 1.16. The highest BCUT2D eigenvalue weighted by molar-refractivity contribution is 5.77. The summed E-state index contributed by atoms with van der Waals surface area (Å²) in [5.41, 5.74) is 5.24. The summed E-state index contributed by atoms with van der Waals surface area (Å²) in [7, 11) is 0. The Morgan fingerprint density at radius 1 is 1.47 bits per heavy atom. The lowest BCUT2D eigenvalue weighted by atomic mass is 10.3. The molecule has 0 unspecified atom stereocenters. The second-order valence-corrected chi connectivity index (χ2v) is 3.23. The van der Waals surface area contributed by atoms with Crippen LogP contribution in [0.2, 0.25) is 0 Å². The number of nitrogens with zero attached hydrogens (tertiary/aromatic N) is 1. The van der Waals surface area contributed by atoms with Crippen LogP contribution in [-0.4, -0.2) is 60.9 Å². The molecule has 1 heterocycles. The van der Waals surface area contributed by atoms with E-state index in [2.05, 4.69) is 5.32 Å². The van der Waals surface area contributed by atoms with Crippen molar-refractivity contribution >= 4 is 12.0 Å². The number of carboxylic acids is 1. The molecule has 7 heteroatoms. The largest absolute Gasteiger partial charge is 0.480 e. The lowest BCUT2D eigenvalue weighted by Crippen LogP contribution is -2.50. The van der Waals surface area contributed by atoms with Crippen LogP contribution in [0, 0.1) is 0 Å². The molecule has 0 spiro atoms. The Labute approximate surface area is 87.2 Å². The third-order valence-corrected chi connectivity index (χ3v) is 2.09. The summed E-state index contributed by atoms with van der Waals surface area (Å²) in [6.07, 6.45) is 0. The molecule has 7 nitrogen and oxygen atoms in total. The van der Waals surface area contributed by atoms with Crippen molar-refractivity contribution in [1.82, 2.24) is 10.2 Å². The van der Waals surface area contributed by atoms with E-state index in [-0.39, 0.29) is 12.6 Å². The molecular formula is C8H15N3O4. The van der Waals surface area contributed by atoms with Crippen LogP contribution >= 0.6 is 0 Å². The summed E-state index contributed by atoms with van der Waals surface area (Å²) >= 11 is 0. The Kier molecular flexibility index (Phi) is 4.32. The average Bonchev–Trinajstić information content (AvgIpc) is 2.26. The molecule has 0 radical (unpaired) electrons. The van der Waals surface area contributed by atoms with E-state index in [4.69, 9.17) is 15.6 Å². The molecule has 0 aromatic heterocycles. The zero-order valence-electron chi connectivity index (χ0n) is 8.31. The van der Waals surface area contributed by atoms with E-state index in [0.717, 1.165) is 0 Å². The summed E-state index contributed by atoms with van der Waals surface area (Å²) < 4.78 is 5.07. The second kappa shape index (κ2) is 5.52. The van der Waals surface area contributed by atoms with Crippen molar-refractivity contribution in [2.45, 2.75) is 6.04 Å². The van der Waals surface area contributed by atoms with Crippen molar-refractivity contribution in [2.75, 3.05) is 32.8 Å². The van der Waals surface area contributed by atoms with Gasteiger partial charge in [0.15, 0.2) is 0 Å². The van der Waals surface area contributed by atoms with Gasteiger partial charge in [-0.25, -0.2) is 4.79 Å². The first-order chi connectivity index (χ1) is 7.11. The number of amides is 2. The molecule has 15 heavy (non-hydrogen) atoms. The lowest BCUT2D eigenvalue weighted by molar-refractivity contribution is -0.138. The van der Waals surface area contributed by atoms with Crippen molar-refractivity contribution < 1.29 is 19.4 Å². The minimum atomic E-state index is -1.13. The normalized spacial score (nSPS) is 18.3. The number of carbonyl (C=O) groups excluding carboxylic acids is 1. The van der Waals surface area contributed by atoms with Crippen molar-refractivity contribution in [3.63, 3.8) is 0 Å². The minimum absolute atomic E-state index is 0.0640. The van der Waals surface area contributed by atoms with Gasteiger partial charge >= 0.3 is 12.0 Å². The highest BCUT2D eigenvalue weighted by Gasteiger charge is 2.18. The number of carbonyl (C=O) groups is 2. The Hall–Kier alpha value is -1.34. The van der Waals surface area contributed by atoms with Gasteiger partial charge < -0.3 is 25.8 Å². The molecule has 1 rings (SSSR count). The molecule has 4 N–H and O–H groups in total. The molecular weight excluding hydrogens is 202 g/mol. The Morgan fingerprint density at radius 3 is 2.60 bits per heavy atom. The van der Waals surface area contributed by atoms with Crippen LogP contribution in [-0.2, 0) is 9.53 Å². The van der Waals surface area contributed by atoms with E-state index >= 15 is 0 Å². The number of hydrogen-bond donors (Lipinski definition) is 3. The zero-order chi connectivity index (χ0) is 11.3. The molecule has 86 valence electrons. The number of ether oxygens (including phenoxy) is 1. The highest BCUT2D eigenvalue weighted by atomic mass is 16.5. The van der Waals surface area contributed by atoms with E-state index in [1.54, 1.807) is 4.90 Å². The van der Waals surface area contributed by atoms with Crippen LogP contribution in [0.1, 0.15) is 0 Å². The van der Waals surface area contributed by atoms with Crippen molar-refractivity contribution in [3.8, 4) is 0 Å². The maximum Gasteiger partial charge on any atom is 0.322 e. The van der Waals surface area contributed by atoms with Gasteiger partial charge in [0, 0.05) is 19.6 Å². The van der Waals surface area contributed by atoms with E-state index in [1.807, 2.05) is 0 Å². The number of urea groups is 1. The van der Waals surface area contributed by atoms with Gasteiger partial charge in [-0.3, -0.25) is 4.79 Å². The number of nitrogens with one attached hydrogen (secondary N) is 1. The molecule has 1 fully saturated rings. The van der Waals surface area contributed by atoms with Crippen LogP contribution in [0.5, 0.6) is 0 Å². The van der Waals surface area contributed by atoms with Crippen LogP contribution < -0.4 is 11.1 Å². The Balaban J connectivity index is 2.25. The van der Waals surface area contributed by atoms with Gasteiger partial charge in [-0.1, -0.05) is 0 Å². The molecule has 0 aromatic carbocycles. The standard InChI is InChI=1S/C8H15N3O4/c9-6(7(12)13)5-10-8(14)11-1-3-15-4-2-11/h6H,1-5,9H2,(H,10,14)(H,12,13)/t6-/m0/s1. The maximum absolute atomic E-state index is 11.4. The van der Waals surface area contributed by atoms with E-state index in [1.165, 1.54) is 0 Å². The van der Waals surface area contributed by atoms with E-state index in [0.29, 0.717) is 26.3 Å². The number of aliphatic carboxylic acids is 1. The topological polar surface area (TPSA) is 105 Å². The Bertz CT molecular complexity index is 240. The first kappa shape index (κ1) is 11.7. The quantitative estimate of drug-likeness (QED) is 0.530. The van der Waals surface area contributed by atoms with E-state index in [9.17, 15) is 9.59 Å². The van der Waals surface area contributed by atoms with Crippen molar-refractivity contribution in [2.24, 2.45) is 5.73 Å². The van der Waals surface area contributed by atoms with Crippen LogP contribution in [0.15, 0.2) is 0 Å². The monoisotopic (exact) mass is 217 g/mol. The SMILES string of the molecule is N[C@@H](CNC(=O)N1CCOCC1)C(=O)O. The van der Waals surface area contributed by atoms with Crippen LogP contribution in [0.3, 0.4) is 0 Å². The number of hydrogen-bond acceptors (Lipinski definition) is 4. The summed E-state index contributed by atoms with van der Waals surface area (Å²) in [4.78, 5) is 23.4. The number of nitrogens with two attached hydrogens (primary N) is 1. The van der Waals surface area contributed by atoms with Gasteiger partial charge in [0.2, 0.25) is 0 Å². The fourth-order valence-corrected chi connectivity index (χ4v) is 1.16. The third kappa shape index (κ3) is 3.72. The first-order valence-corrected chi connectivity index (χ1v) is 4.70. The molecule has 1 atom stereocenters. The van der Waals surface area contributed by atoms with Crippen molar-refractivity contribution in [1.29, 1.82) is 0 Å². The van der Waals surface area contributed by atoms with Gasteiger partial charge in [0.1, 0.15) is 6.04 Å². The molecule has 1 aliphatic heterocycles. The molecule has 0 saturated carbocycles. The number of rotatable bonds is 3. The molecule has 1 saturated heterocycles. The average molecular weight is 217 g/mol. The van der Waals surface area contributed by atoms with Crippen molar-refractivity contribution in [3.05, 3.63) is 0 Å². The number of carboxylic acid groups (broad SMARTS) is 1. The number of morpholine rings is 1. The van der Waals surface area contributed by atoms with Gasteiger partial charge in [-0.15, -0.1) is 0 Å². The third-order valence-electron chi connectivity index (χ3n) is 2.09. The maximum atomic E-state index is 11.4. The van der Waals surface area contributed by atoms with Gasteiger partial charge in [-0.2, -0.15) is 0 Å². The van der Waals surface area contributed by atoms with Crippen LogP contribution in [0.4, 0.5) is 4.79 Å². The summed E-state index contributed by atoms with van der Waals surface area (Å²) in [6, 6.07) is -1.36. The van der Waals surface area contributed by atoms with Crippen LogP contribution in [0.25, 0.3) is 0 Å². The van der Waals surface area contributed by atoms with Gasteiger partial charge in [0.05, 0.1) is 13.2 Å². The lowest BCUT2D eigenvalue weighted by Gasteiger charge is -2.27. The minimum Gasteiger partial charge on any atom is -0.480 e. The molecule has 0 aliphatic carbocycles. The summed E-state index contributed by atoms with van der Waals surface area (Å²) in [5.74, 6) is -1.13. The molecule has 2 amide bonds. The molecule has 0 aromatic rings. The fraction of sp³-hybridized carbons (Fsp3) is 0.750. The Morgan fingerprint density at radius 2 is 2.07 bits per heavy atom. The summed E-state index contributed by atoms with van der Waals surface area (Å²) in [5, 5.41) is 11.0. The second-order valence-electron chi connectivity index (χ2n) is 3.23. The molecule has 0 bridgehead atoms. The van der Waals surface area contributed by atoms with Gasteiger partial charge in [-0.05, 0) is 0 Å². The predicted octanol–water partition coefficient (Wildman–Crippen LogP) is -1.56. The predicted molar refractivity (Wildman–Crippen MR) is 51.4 cm³/mol. The first-order valence-electron chi connectivity index (χ1n) is 4.70. The zero-order valence-corrected chi connectivity index (χ0v) is 8.31. The van der Waals surface area contributed by atoms with E-state index < -0.39 is 12.0 Å².